The minimum atomic E-state index is -4.04. The average molecular weight is 703 g/mol. The smallest absolute Gasteiger partial charge is 0.338 e. The van der Waals surface area contributed by atoms with E-state index in [4.69, 9.17) is 23.7 Å². The molecule has 0 aliphatic carbocycles. The Morgan fingerprint density at radius 1 is 0.820 bits per heavy atom. The predicted molar refractivity (Wildman–Crippen MR) is 174 cm³/mol. The number of esters is 3. The molecular weight excluding hydrogens is 672 g/mol. The number of hydrogen-bond donors (Lipinski definition) is 1. The van der Waals surface area contributed by atoms with E-state index in [-0.39, 0.29) is 40.2 Å². The van der Waals surface area contributed by atoms with Crippen molar-refractivity contribution in [3.05, 3.63) is 118 Å². The van der Waals surface area contributed by atoms with Crippen LogP contribution in [0.3, 0.4) is 0 Å². The van der Waals surface area contributed by atoms with Crippen molar-refractivity contribution in [2.45, 2.75) is 36.6 Å². The number of benzene rings is 3. The van der Waals surface area contributed by atoms with Gasteiger partial charge < -0.3 is 23.7 Å². The lowest BCUT2D eigenvalue weighted by molar-refractivity contribution is -0.0657. The third-order valence-electron chi connectivity index (χ3n) is 7.56. The van der Waals surface area contributed by atoms with Gasteiger partial charge in [0.05, 0.1) is 23.3 Å². The number of fused-ring (bicyclic) bond motifs is 1. The molecule has 50 heavy (non-hydrogen) atoms. The Kier molecular flexibility index (Phi) is 9.74. The molecule has 3 aromatic carbocycles. The number of aromatic amines is 1. The number of sulfone groups is 1. The zero-order valence-electron chi connectivity index (χ0n) is 26.6. The van der Waals surface area contributed by atoms with Gasteiger partial charge in [0.25, 0.3) is 5.56 Å². The summed E-state index contributed by atoms with van der Waals surface area (Å²) in [5.74, 6) is -2.58. The molecule has 1 aliphatic heterocycles. The number of rotatable bonds is 11. The van der Waals surface area contributed by atoms with E-state index in [1.165, 1.54) is 24.3 Å². The summed E-state index contributed by atoms with van der Waals surface area (Å²) >= 11 is 0. The highest BCUT2D eigenvalue weighted by atomic mass is 32.2. The Balaban J connectivity index is 1.47. The number of hydrogen-bond acceptors (Lipinski definition) is 13. The Morgan fingerprint density at radius 2 is 1.34 bits per heavy atom. The zero-order chi connectivity index (χ0) is 35.4. The standard InChI is InChI=1S/C34H30N4O11S/c1-3-45-29-24-27(35-34(36-28(24)39)50(2,43)44)38(37-29)30-26(49-33(42)22-17-11-6-12-18-22)25(48-32(41)21-15-9-5-10-16-21)23(47-30)19-46-31(40)20-13-7-4-8-14-20/h4-18,23,25-26,30H,3,19H2,1-2H3,(H,35,36,39)/t23-,25-,26-,30-/m1/s1. The lowest BCUT2D eigenvalue weighted by Gasteiger charge is -2.24. The molecule has 16 heteroatoms. The number of ether oxygens (including phenoxy) is 5. The fourth-order valence-corrected chi connectivity index (χ4v) is 5.77. The van der Waals surface area contributed by atoms with Gasteiger partial charge in [-0.1, -0.05) is 54.6 Å². The van der Waals surface area contributed by atoms with E-state index in [9.17, 15) is 27.6 Å². The minimum absolute atomic E-state index is 0.0622. The van der Waals surface area contributed by atoms with Crippen LogP contribution in [0.4, 0.5) is 0 Å². The Hall–Kier alpha value is -5.87. The maximum absolute atomic E-state index is 13.5. The molecule has 0 unspecified atom stereocenters. The molecule has 0 amide bonds. The fraction of sp³-hybridized carbons (Fsp3) is 0.235. The molecule has 1 aliphatic rings. The number of carbonyl (C=O) groups excluding carboxylic acids is 3. The third-order valence-corrected chi connectivity index (χ3v) is 8.46. The molecular formula is C34H30N4O11S. The van der Waals surface area contributed by atoms with Gasteiger partial charge in [-0.05, 0) is 43.3 Å². The first-order chi connectivity index (χ1) is 24.0. The van der Waals surface area contributed by atoms with E-state index in [1.54, 1.807) is 73.7 Å². The quantitative estimate of drug-likeness (QED) is 0.120. The highest BCUT2D eigenvalue weighted by Gasteiger charge is 2.52. The Bertz CT molecular complexity index is 2190. The summed E-state index contributed by atoms with van der Waals surface area (Å²) < 4.78 is 55.4. The molecule has 5 aromatic rings. The van der Waals surface area contributed by atoms with E-state index < -0.39 is 69.6 Å². The molecule has 258 valence electrons. The van der Waals surface area contributed by atoms with Crippen LogP contribution < -0.4 is 10.3 Å². The summed E-state index contributed by atoms with van der Waals surface area (Å²) in [5.41, 5.74) is -0.617. The monoisotopic (exact) mass is 702 g/mol. The van der Waals surface area contributed by atoms with Crippen LogP contribution in [0.1, 0.15) is 44.2 Å². The molecule has 0 radical (unpaired) electrons. The molecule has 1 saturated heterocycles. The van der Waals surface area contributed by atoms with Crippen LogP contribution in [0.15, 0.2) is 101 Å². The SMILES string of the molecule is CCOc1nn([C@@H]2O[C@H](COC(=O)c3ccccc3)[C@@H](OC(=O)c3ccccc3)[C@H]2OC(=O)c2ccccc2)c2nc(S(C)(=O)=O)[nH]c(=O)c12. The summed E-state index contributed by atoms with van der Waals surface area (Å²) in [6.45, 7) is 1.22. The maximum Gasteiger partial charge on any atom is 0.338 e. The molecule has 0 saturated carbocycles. The van der Waals surface area contributed by atoms with Crippen molar-refractivity contribution in [3.63, 3.8) is 0 Å². The largest absolute Gasteiger partial charge is 0.476 e. The number of H-pyrrole nitrogens is 1. The number of aromatic nitrogens is 4. The molecule has 6 rings (SSSR count). The molecule has 0 bridgehead atoms. The summed E-state index contributed by atoms with van der Waals surface area (Å²) in [4.78, 5) is 59.6. The van der Waals surface area contributed by atoms with Gasteiger partial charge in [0.15, 0.2) is 24.1 Å². The molecule has 0 spiro atoms. The van der Waals surface area contributed by atoms with Gasteiger partial charge in [-0.15, -0.1) is 5.10 Å². The Morgan fingerprint density at radius 3 is 1.86 bits per heavy atom. The third kappa shape index (κ3) is 7.11. The summed E-state index contributed by atoms with van der Waals surface area (Å²) in [6, 6.07) is 24.1. The van der Waals surface area contributed by atoms with Gasteiger partial charge in [-0.3, -0.25) is 9.78 Å². The van der Waals surface area contributed by atoms with Gasteiger partial charge in [-0.2, -0.15) is 4.98 Å². The fourth-order valence-electron chi connectivity index (χ4n) is 5.24. The van der Waals surface area contributed by atoms with E-state index in [0.717, 1.165) is 10.9 Å². The van der Waals surface area contributed by atoms with Crippen molar-refractivity contribution in [2.24, 2.45) is 0 Å². The van der Waals surface area contributed by atoms with E-state index in [2.05, 4.69) is 15.1 Å². The maximum atomic E-state index is 13.5. The van der Waals surface area contributed by atoms with E-state index in [1.807, 2.05) is 0 Å². The van der Waals surface area contributed by atoms with E-state index >= 15 is 0 Å². The Labute approximate surface area is 284 Å². The summed E-state index contributed by atoms with van der Waals surface area (Å²) in [5, 5.41) is 3.49. The number of nitrogens with zero attached hydrogens (tertiary/aromatic N) is 3. The molecule has 4 atom stereocenters. The van der Waals surface area contributed by atoms with Crippen LogP contribution in [-0.2, 0) is 28.8 Å². The first-order valence-electron chi connectivity index (χ1n) is 15.3. The van der Waals surface area contributed by atoms with Crippen molar-refractivity contribution in [1.29, 1.82) is 0 Å². The second-order valence-corrected chi connectivity index (χ2v) is 13.0. The van der Waals surface area contributed by atoms with Crippen LogP contribution in [0.25, 0.3) is 11.0 Å². The van der Waals surface area contributed by atoms with Gasteiger partial charge in [-0.25, -0.2) is 27.5 Å². The number of carbonyl (C=O) groups is 3. The first-order valence-corrected chi connectivity index (χ1v) is 17.2. The zero-order valence-corrected chi connectivity index (χ0v) is 27.4. The topological polar surface area (TPSA) is 195 Å². The minimum Gasteiger partial charge on any atom is -0.476 e. The molecule has 3 heterocycles. The molecule has 1 fully saturated rings. The van der Waals surface area contributed by atoms with Crippen LogP contribution in [0.5, 0.6) is 5.88 Å². The van der Waals surface area contributed by atoms with Gasteiger partial charge in [0, 0.05) is 6.26 Å². The first kappa shape index (κ1) is 34.0. The van der Waals surface area contributed by atoms with Crippen molar-refractivity contribution < 1.29 is 46.5 Å². The van der Waals surface area contributed by atoms with Crippen LogP contribution in [0.2, 0.25) is 0 Å². The van der Waals surface area contributed by atoms with Gasteiger partial charge in [0.2, 0.25) is 20.9 Å². The van der Waals surface area contributed by atoms with Gasteiger partial charge in [0.1, 0.15) is 18.1 Å². The second-order valence-electron chi connectivity index (χ2n) is 11.0. The summed E-state index contributed by atoms with van der Waals surface area (Å²) in [7, 11) is -4.04. The average Bonchev–Trinajstić information content (AvgIpc) is 3.65. The highest BCUT2D eigenvalue weighted by molar-refractivity contribution is 7.90. The highest BCUT2D eigenvalue weighted by Crippen LogP contribution is 2.38. The number of nitrogens with one attached hydrogen (secondary N) is 1. The van der Waals surface area contributed by atoms with E-state index in [0.29, 0.717) is 0 Å². The lowest BCUT2D eigenvalue weighted by Crippen LogP contribution is -2.41. The second kappa shape index (κ2) is 14.3. The lowest BCUT2D eigenvalue weighted by atomic mass is 10.1. The van der Waals surface area contributed by atoms with Crippen LogP contribution >= 0.6 is 0 Å². The summed E-state index contributed by atoms with van der Waals surface area (Å²) in [6.07, 6.45) is -4.89. The van der Waals surface area contributed by atoms with Gasteiger partial charge >= 0.3 is 17.9 Å². The van der Waals surface area contributed by atoms with Crippen molar-refractivity contribution in [3.8, 4) is 5.88 Å². The predicted octanol–water partition coefficient (Wildman–Crippen LogP) is 3.13. The van der Waals surface area contributed by atoms with Crippen molar-refractivity contribution >= 4 is 38.8 Å². The van der Waals surface area contributed by atoms with Crippen molar-refractivity contribution in [1.82, 2.24) is 19.7 Å². The van der Waals surface area contributed by atoms with Crippen LogP contribution in [0, 0.1) is 0 Å². The van der Waals surface area contributed by atoms with Crippen molar-refractivity contribution in [2.75, 3.05) is 19.5 Å². The molecule has 15 nitrogen and oxygen atoms in total. The molecule has 1 N–H and O–H groups in total. The van der Waals surface area contributed by atoms with Crippen LogP contribution in [-0.4, -0.2) is 83.9 Å². The normalized spacial score (nSPS) is 18.8. The molecule has 2 aromatic heterocycles.